The highest BCUT2D eigenvalue weighted by Crippen LogP contribution is 2.32. The fourth-order valence-electron chi connectivity index (χ4n) is 5.34. The van der Waals surface area contributed by atoms with Gasteiger partial charge in [-0.3, -0.25) is 10.2 Å². The van der Waals surface area contributed by atoms with Crippen LogP contribution < -0.4 is 15.4 Å². The first-order chi connectivity index (χ1) is 20.4. The molecule has 2 fully saturated rings. The van der Waals surface area contributed by atoms with Crippen LogP contribution in [0.25, 0.3) is 5.69 Å². The van der Waals surface area contributed by atoms with E-state index in [1.54, 1.807) is 16.9 Å². The number of likely N-dealkylation sites (tertiary alicyclic amines) is 1. The number of anilines is 1. The molecule has 2 amide bonds. The number of aromatic nitrogens is 2. The molecule has 3 aromatic rings. The van der Waals surface area contributed by atoms with Crippen LogP contribution in [-0.2, 0) is 9.57 Å². The molecule has 0 aliphatic carbocycles. The number of hydrogen-bond acceptors (Lipinski definition) is 7. The predicted octanol–water partition coefficient (Wildman–Crippen LogP) is 4.45. The molecule has 0 saturated carbocycles. The number of methoxy groups -OCH3 is 1. The van der Waals surface area contributed by atoms with Gasteiger partial charge in [-0.15, -0.1) is 5.10 Å². The van der Waals surface area contributed by atoms with Crippen molar-refractivity contribution in [1.82, 2.24) is 25.1 Å². The number of hydroxylamine groups is 2. The zero-order valence-electron chi connectivity index (χ0n) is 24.2. The van der Waals surface area contributed by atoms with Crippen LogP contribution in [0.2, 0.25) is 0 Å². The number of carbonyl (C=O) groups is 1. The largest absolute Gasteiger partial charge is 0.473 e. The third-order valence-electron chi connectivity index (χ3n) is 7.73. The van der Waals surface area contributed by atoms with Crippen LogP contribution in [0.3, 0.4) is 0 Å². The molecule has 0 unspecified atom stereocenters. The summed E-state index contributed by atoms with van der Waals surface area (Å²) in [5.74, 6) is -0.989. The lowest BCUT2D eigenvalue weighted by Gasteiger charge is -2.30. The van der Waals surface area contributed by atoms with Gasteiger partial charge in [-0.1, -0.05) is 31.2 Å². The lowest BCUT2D eigenvalue weighted by atomic mass is 10.0. The van der Waals surface area contributed by atoms with Crippen molar-refractivity contribution in [3.8, 4) is 11.6 Å². The van der Waals surface area contributed by atoms with E-state index in [9.17, 15) is 13.6 Å². The summed E-state index contributed by atoms with van der Waals surface area (Å²) < 4.78 is 40.9. The van der Waals surface area contributed by atoms with E-state index in [0.29, 0.717) is 42.5 Å². The third-order valence-corrected chi connectivity index (χ3v) is 7.73. The second-order valence-electron chi connectivity index (χ2n) is 10.6. The SMILES string of the molecule is CCN1CCC(Oc2nn(-c3ccccc3)c(NC(=O)N[C@@H]3CN(CCOC)O[C@H]3c3ccc(F)c(F)c3)c2C)CC1. The van der Waals surface area contributed by atoms with Crippen LogP contribution in [0.15, 0.2) is 48.5 Å². The molecule has 2 aliphatic heterocycles. The Morgan fingerprint density at radius 3 is 2.57 bits per heavy atom. The summed E-state index contributed by atoms with van der Waals surface area (Å²) in [6.07, 6.45) is 1.12. The highest BCUT2D eigenvalue weighted by Gasteiger charge is 2.37. The molecule has 12 heteroatoms. The molecule has 2 saturated heterocycles. The number of halogens is 2. The van der Waals surface area contributed by atoms with Gasteiger partial charge in [0.1, 0.15) is 18.0 Å². The highest BCUT2D eigenvalue weighted by atomic mass is 19.2. The Hall–Kier alpha value is -3.58. The van der Waals surface area contributed by atoms with Gasteiger partial charge in [0, 0.05) is 33.3 Å². The molecule has 5 rings (SSSR count). The Kier molecular flexibility index (Phi) is 9.68. The monoisotopic (exact) mass is 584 g/mol. The van der Waals surface area contributed by atoms with Crippen LogP contribution in [-0.4, -0.2) is 84.4 Å². The highest BCUT2D eigenvalue weighted by molar-refractivity contribution is 5.90. The zero-order valence-corrected chi connectivity index (χ0v) is 24.2. The number of piperidine rings is 1. The molecular formula is C30H38F2N6O4. The number of nitrogens with one attached hydrogen (secondary N) is 2. The second kappa shape index (κ2) is 13.6. The smallest absolute Gasteiger partial charge is 0.320 e. The summed E-state index contributed by atoms with van der Waals surface area (Å²) in [4.78, 5) is 21.9. The molecule has 0 bridgehead atoms. The van der Waals surface area contributed by atoms with Crippen molar-refractivity contribution >= 4 is 11.8 Å². The van der Waals surface area contributed by atoms with E-state index in [4.69, 9.17) is 19.4 Å². The number of rotatable bonds is 10. The fraction of sp³-hybridized carbons (Fsp3) is 0.467. The number of amides is 2. The quantitative estimate of drug-likeness (QED) is 0.364. The van der Waals surface area contributed by atoms with Gasteiger partial charge in [0.05, 0.1) is 23.9 Å². The molecule has 42 heavy (non-hydrogen) atoms. The Labute approximate surface area is 244 Å². The van der Waals surface area contributed by atoms with Crippen molar-refractivity contribution in [2.45, 2.75) is 44.9 Å². The Bertz CT molecular complexity index is 1350. The maximum absolute atomic E-state index is 14.1. The van der Waals surface area contributed by atoms with E-state index in [1.165, 1.54) is 6.07 Å². The molecule has 3 heterocycles. The summed E-state index contributed by atoms with van der Waals surface area (Å²) >= 11 is 0. The predicted molar refractivity (Wildman–Crippen MR) is 154 cm³/mol. The first kappa shape index (κ1) is 29.9. The standard InChI is InChI=1S/C30H38F2N6O4/c1-4-36-14-12-23(13-15-36)41-29-20(2)28(38(35-29)22-8-6-5-7-9-22)34-30(39)33-26-19-37(16-17-40-3)42-27(26)21-10-11-24(31)25(32)18-21/h5-11,18,23,26-27H,4,12-17,19H2,1-3H3,(H2,33,34,39)/t26-,27+/m1/s1. The number of para-hydroxylation sites is 1. The summed E-state index contributed by atoms with van der Waals surface area (Å²) in [6, 6.07) is 12.1. The average molecular weight is 585 g/mol. The van der Waals surface area contributed by atoms with Gasteiger partial charge in [-0.2, -0.15) is 5.06 Å². The van der Waals surface area contributed by atoms with E-state index in [2.05, 4.69) is 22.5 Å². The maximum Gasteiger partial charge on any atom is 0.320 e. The summed E-state index contributed by atoms with van der Waals surface area (Å²) in [6.45, 7) is 8.15. The summed E-state index contributed by atoms with van der Waals surface area (Å²) in [5.41, 5.74) is 1.88. The molecule has 1 aromatic heterocycles. The van der Waals surface area contributed by atoms with E-state index in [0.717, 1.165) is 50.3 Å². The molecule has 2 atom stereocenters. The number of ether oxygens (including phenoxy) is 2. The third kappa shape index (κ3) is 6.89. The molecule has 2 N–H and O–H groups in total. The lowest BCUT2D eigenvalue weighted by molar-refractivity contribution is -0.154. The zero-order chi connectivity index (χ0) is 29.6. The number of urea groups is 1. The minimum absolute atomic E-state index is 0.0397. The van der Waals surface area contributed by atoms with Crippen molar-refractivity contribution in [1.29, 1.82) is 0 Å². The van der Waals surface area contributed by atoms with Crippen molar-refractivity contribution in [3.63, 3.8) is 0 Å². The van der Waals surface area contributed by atoms with Crippen molar-refractivity contribution in [3.05, 3.63) is 71.3 Å². The van der Waals surface area contributed by atoms with Crippen LogP contribution >= 0.6 is 0 Å². The van der Waals surface area contributed by atoms with E-state index in [-0.39, 0.29) is 6.10 Å². The number of nitrogens with zero attached hydrogens (tertiary/aromatic N) is 4. The van der Waals surface area contributed by atoms with Crippen LogP contribution in [0, 0.1) is 18.6 Å². The van der Waals surface area contributed by atoms with Crippen LogP contribution in [0.4, 0.5) is 19.4 Å². The van der Waals surface area contributed by atoms with Gasteiger partial charge >= 0.3 is 6.03 Å². The fourth-order valence-corrected chi connectivity index (χ4v) is 5.34. The average Bonchev–Trinajstić information content (AvgIpc) is 3.54. The van der Waals surface area contributed by atoms with Gasteiger partial charge in [0.15, 0.2) is 11.6 Å². The Balaban J connectivity index is 1.35. The van der Waals surface area contributed by atoms with Crippen LogP contribution in [0.1, 0.15) is 37.0 Å². The lowest BCUT2D eigenvalue weighted by Crippen LogP contribution is -2.42. The summed E-state index contributed by atoms with van der Waals surface area (Å²) in [5, 5.41) is 12.3. The molecular weight excluding hydrogens is 546 g/mol. The Morgan fingerprint density at radius 2 is 1.88 bits per heavy atom. The van der Waals surface area contributed by atoms with Gasteiger partial charge in [0.2, 0.25) is 5.88 Å². The number of hydrogen-bond donors (Lipinski definition) is 2. The maximum atomic E-state index is 14.1. The molecule has 10 nitrogen and oxygen atoms in total. The number of carbonyl (C=O) groups excluding carboxylic acids is 1. The van der Waals surface area contributed by atoms with Gasteiger partial charge in [-0.25, -0.2) is 18.3 Å². The van der Waals surface area contributed by atoms with Crippen LogP contribution in [0.5, 0.6) is 5.88 Å². The minimum atomic E-state index is -0.982. The Morgan fingerprint density at radius 1 is 1.12 bits per heavy atom. The second-order valence-corrected chi connectivity index (χ2v) is 10.6. The first-order valence-electron chi connectivity index (χ1n) is 14.3. The van der Waals surface area contributed by atoms with Crippen molar-refractivity contribution < 1.29 is 27.9 Å². The molecule has 2 aromatic carbocycles. The van der Waals surface area contributed by atoms with Gasteiger partial charge < -0.3 is 19.7 Å². The number of benzene rings is 2. The molecule has 0 spiro atoms. The van der Waals surface area contributed by atoms with Crippen molar-refractivity contribution in [2.75, 3.05) is 51.8 Å². The van der Waals surface area contributed by atoms with E-state index < -0.39 is 29.8 Å². The minimum Gasteiger partial charge on any atom is -0.473 e. The normalized spacial score (nSPS) is 20.1. The summed E-state index contributed by atoms with van der Waals surface area (Å²) in [7, 11) is 1.58. The van der Waals surface area contributed by atoms with Crippen molar-refractivity contribution in [2.24, 2.45) is 0 Å². The first-order valence-corrected chi connectivity index (χ1v) is 14.3. The van der Waals surface area contributed by atoms with Gasteiger partial charge in [-0.05, 0) is 56.1 Å². The van der Waals surface area contributed by atoms with Gasteiger partial charge in [0.25, 0.3) is 0 Å². The molecule has 226 valence electrons. The van der Waals surface area contributed by atoms with E-state index >= 15 is 0 Å². The van der Waals surface area contributed by atoms with E-state index in [1.807, 2.05) is 37.3 Å². The topological polar surface area (TPSA) is 93.1 Å². The molecule has 2 aliphatic rings. The molecule has 0 radical (unpaired) electrons.